The van der Waals surface area contributed by atoms with Crippen LogP contribution in [0.15, 0.2) is 36.7 Å². The SMILES string of the molecule is CC(=O)NCc1cc(OC2CCN(C(=O)c3ccc(F)cn3)C2)ccn1. The summed E-state index contributed by atoms with van der Waals surface area (Å²) < 4.78 is 18.9. The van der Waals surface area contributed by atoms with Gasteiger partial charge in [0, 0.05) is 32.2 Å². The highest BCUT2D eigenvalue weighted by atomic mass is 19.1. The lowest BCUT2D eigenvalue weighted by atomic mass is 10.3. The molecule has 0 aliphatic carbocycles. The van der Waals surface area contributed by atoms with Gasteiger partial charge in [0.05, 0.1) is 25.0 Å². The predicted octanol–water partition coefficient (Wildman–Crippen LogP) is 1.55. The standard InChI is InChI=1S/C18H19FN4O3/c1-12(24)21-10-14-8-15(4-6-20-14)26-16-5-7-23(11-16)18(25)17-3-2-13(19)9-22-17/h2-4,6,8-9,16H,5,7,10-11H2,1H3,(H,21,24). The minimum absolute atomic E-state index is 0.127. The summed E-state index contributed by atoms with van der Waals surface area (Å²) in [5.74, 6) is -0.203. The molecule has 1 N–H and O–H groups in total. The van der Waals surface area contributed by atoms with Crippen molar-refractivity contribution in [2.45, 2.75) is 26.0 Å². The maximum absolute atomic E-state index is 12.9. The highest BCUT2D eigenvalue weighted by molar-refractivity contribution is 5.92. The molecule has 1 atom stereocenters. The molecule has 2 aromatic heterocycles. The van der Waals surface area contributed by atoms with Gasteiger partial charge in [0.25, 0.3) is 5.91 Å². The Kier molecular flexibility index (Phi) is 5.40. The summed E-state index contributed by atoms with van der Waals surface area (Å²) in [6, 6.07) is 6.10. The van der Waals surface area contributed by atoms with E-state index in [-0.39, 0.29) is 23.6 Å². The van der Waals surface area contributed by atoms with Crippen LogP contribution >= 0.6 is 0 Å². The summed E-state index contributed by atoms with van der Waals surface area (Å²) in [5, 5.41) is 2.68. The van der Waals surface area contributed by atoms with Gasteiger partial charge >= 0.3 is 0 Å². The number of ether oxygens (including phenoxy) is 1. The van der Waals surface area contributed by atoms with E-state index in [4.69, 9.17) is 4.74 Å². The van der Waals surface area contributed by atoms with E-state index in [2.05, 4.69) is 15.3 Å². The van der Waals surface area contributed by atoms with Crippen molar-refractivity contribution >= 4 is 11.8 Å². The molecule has 26 heavy (non-hydrogen) atoms. The topological polar surface area (TPSA) is 84.4 Å². The summed E-state index contributed by atoms with van der Waals surface area (Å²) in [7, 11) is 0. The molecule has 3 rings (SSSR count). The number of hydrogen-bond donors (Lipinski definition) is 1. The van der Waals surface area contributed by atoms with E-state index in [1.165, 1.54) is 19.1 Å². The quantitative estimate of drug-likeness (QED) is 0.877. The van der Waals surface area contributed by atoms with Crippen LogP contribution in [0.1, 0.15) is 29.5 Å². The first-order chi connectivity index (χ1) is 12.5. The van der Waals surface area contributed by atoms with Gasteiger partial charge < -0.3 is 15.0 Å². The van der Waals surface area contributed by atoms with E-state index < -0.39 is 5.82 Å². The molecular weight excluding hydrogens is 339 g/mol. The second-order valence-corrected chi connectivity index (χ2v) is 6.03. The third kappa shape index (κ3) is 4.53. The van der Waals surface area contributed by atoms with Crippen LogP contribution in [0.4, 0.5) is 4.39 Å². The van der Waals surface area contributed by atoms with Gasteiger partial charge in [-0.1, -0.05) is 0 Å². The van der Waals surface area contributed by atoms with Crippen LogP contribution in [0, 0.1) is 5.82 Å². The first-order valence-corrected chi connectivity index (χ1v) is 8.28. The highest BCUT2D eigenvalue weighted by Crippen LogP contribution is 2.20. The van der Waals surface area contributed by atoms with Crippen LogP contribution < -0.4 is 10.1 Å². The minimum Gasteiger partial charge on any atom is -0.488 e. The molecule has 136 valence electrons. The maximum atomic E-state index is 12.9. The Labute approximate surface area is 150 Å². The van der Waals surface area contributed by atoms with Gasteiger partial charge in [0.2, 0.25) is 5.91 Å². The summed E-state index contributed by atoms with van der Waals surface area (Å²) in [5.41, 5.74) is 0.910. The van der Waals surface area contributed by atoms with Gasteiger partial charge in [-0.15, -0.1) is 0 Å². The maximum Gasteiger partial charge on any atom is 0.272 e. The van der Waals surface area contributed by atoms with E-state index >= 15 is 0 Å². The summed E-state index contributed by atoms with van der Waals surface area (Å²) in [6.07, 6.45) is 3.20. The highest BCUT2D eigenvalue weighted by Gasteiger charge is 2.29. The number of carbonyl (C=O) groups is 2. The molecule has 0 radical (unpaired) electrons. The molecule has 0 bridgehead atoms. The van der Waals surface area contributed by atoms with Crippen molar-refractivity contribution in [1.82, 2.24) is 20.2 Å². The van der Waals surface area contributed by atoms with Crippen LogP contribution in [-0.4, -0.2) is 45.9 Å². The Morgan fingerprint density at radius 2 is 2.19 bits per heavy atom. The number of pyridine rings is 2. The zero-order chi connectivity index (χ0) is 18.5. The molecule has 8 heteroatoms. The molecule has 0 saturated carbocycles. The third-order valence-corrected chi connectivity index (χ3v) is 3.99. The fourth-order valence-electron chi connectivity index (χ4n) is 2.71. The second kappa shape index (κ2) is 7.90. The normalized spacial score (nSPS) is 16.4. The molecule has 1 aliphatic rings. The number of carbonyl (C=O) groups excluding carboxylic acids is 2. The van der Waals surface area contributed by atoms with Crippen molar-refractivity contribution in [3.8, 4) is 5.75 Å². The third-order valence-electron chi connectivity index (χ3n) is 3.99. The summed E-state index contributed by atoms with van der Waals surface area (Å²) >= 11 is 0. The first kappa shape index (κ1) is 17.8. The lowest BCUT2D eigenvalue weighted by Gasteiger charge is -2.17. The van der Waals surface area contributed by atoms with Gasteiger partial charge in [0.1, 0.15) is 23.4 Å². The van der Waals surface area contributed by atoms with Crippen molar-refractivity contribution in [3.05, 3.63) is 53.9 Å². The molecule has 0 spiro atoms. The molecule has 0 aromatic carbocycles. The Hall–Kier alpha value is -3.03. The van der Waals surface area contributed by atoms with Gasteiger partial charge in [-0.05, 0) is 18.2 Å². The average Bonchev–Trinajstić information content (AvgIpc) is 3.09. The van der Waals surface area contributed by atoms with Crippen molar-refractivity contribution in [3.63, 3.8) is 0 Å². The predicted molar refractivity (Wildman–Crippen MR) is 90.9 cm³/mol. The van der Waals surface area contributed by atoms with Gasteiger partial charge in [-0.25, -0.2) is 9.37 Å². The Morgan fingerprint density at radius 3 is 2.92 bits per heavy atom. The lowest BCUT2D eigenvalue weighted by molar-refractivity contribution is -0.119. The fourth-order valence-corrected chi connectivity index (χ4v) is 2.71. The Balaban J connectivity index is 1.57. The van der Waals surface area contributed by atoms with E-state index in [9.17, 15) is 14.0 Å². The molecule has 1 saturated heterocycles. The number of rotatable bonds is 5. The second-order valence-electron chi connectivity index (χ2n) is 6.03. The van der Waals surface area contributed by atoms with E-state index in [1.807, 2.05) is 0 Å². The molecule has 2 amide bonds. The number of likely N-dealkylation sites (tertiary alicyclic amines) is 1. The number of halogens is 1. The molecule has 1 aliphatic heterocycles. The Bertz CT molecular complexity index is 797. The largest absolute Gasteiger partial charge is 0.488 e. The van der Waals surface area contributed by atoms with Crippen LogP contribution in [0.3, 0.4) is 0 Å². The monoisotopic (exact) mass is 358 g/mol. The van der Waals surface area contributed by atoms with E-state index in [0.29, 0.717) is 37.5 Å². The number of amides is 2. The van der Waals surface area contributed by atoms with Crippen LogP contribution in [0.2, 0.25) is 0 Å². The number of nitrogens with zero attached hydrogens (tertiary/aromatic N) is 3. The van der Waals surface area contributed by atoms with Crippen molar-refractivity contribution in [2.24, 2.45) is 0 Å². The van der Waals surface area contributed by atoms with Crippen molar-refractivity contribution < 1.29 is 18.7 Å². The molecule has 7 nitrogen and oxygen atoms in total. The van der Waals surface area contributed by atoms with E-state index in [1.54, 1.807) is 23.2 Å². The zero-order valence-corrected chi connectivity index (χ0v) is 14.3. The molecule has 2 aromatic rings. The molecule has 3 heterocycles. The minimum atomic E-state index is -0.475. The van der Waals surface area contributed by atoms with E-state index in [0.717, 1.165) is 6.20 Å². The summed E-state index contributed by atoms with van der Waals surface area (Å²) in [4.78, 5) is 33.0. The summed E-state index contributed by atoms with van der Waals surface area (Å²) in [6.45, 7) is 2.76. The van der Waals surface area contributed by atoms with Gasteiger partial charge in [-0.2, -0.15) is 0 Å². The fraction of sp³-hybridized carbons (Fsp3) is 0.333. The zero-order valence-electron chi connectivity index (χ0n) is 14.3. The van der Waals surface area contributed by atoms with Crippen LogP contribution in [0.25, 0.3) is 0 Å². The van der Waals surface area contributed by atoms with Crippen molar-refractivity contribution in [1.29, 1.82) is 0 Å². The van der Waals surface area contributed by atoms with Crippen LogP contribution in [0.5, 0.6) is 5.75 Å². The smallest absolute Gasteiger partial charge is 0.272 e. The number of nitrogens with one attached hydrogen (secondary N) is 1. The lowest BCUT2D eigenvalue weighted by Crippen LogP contribution is -2.31. The van der Waals surface area contributed by atoms with Crippen molar-refractivity contribution in [2.75, 3.05) is 13.1 Å². The molecule has 1 fully saturated rings. The average molecular weight is 358 g/mol. The van der Waals surface area contributed by atoms with Gasteiger partial charge in [0.15, 0.2) is 0 Å². The van der Waals surface area contributed by atoms with Crippen LogP contribution in [-0.2, 0) is 11.3 Å². The first-order valence-electron chi connectivity index (χ1n) is 8.28. The Morgan fingerprint density at radius 1 is 1.35 bits per heavy atom. The molecule has 1 unspecified atom stereocenters. The van der Waals surface area contributed by atoms with Gasteiger partial charge in [-0.3, -0.25) is 14.6 Å². The molecular formula is C18H19FN4O3. The number of aromatic nitrogens is 2. The number of hydrogen-bond acceptors (Lipinski definition) is 5.